The molecule has 1 N–H and O–H groups in total. The van der Waals surface area contributed by atoms with Crippen molar-refractivity contribution in [1.29, 1.82) is 0 Å². The van der Waals surface area contributed by atoms with Crippen LogP contribution in [0.25, 0.3) is 0 Å². The van der Waals surface area contributed by atoms with Gasteiger partial charge in [-0.05, 0) is 11.6 Å². The van der Waals surface area contributed by atoms with Gasteiger partial charge in [-0.1, -0.05) is 6.07 Å². The quantitative estimate of drug-likeness (QED) is 0.774. The molecule has 6 nitrogen and oxygen atoms in total. The highest BCUT2D eigenvalue weighted by molar-refractivity contribution is 5.81. The second-order valence-corrected chi connectivity index (χ2v) is 3.28. The lowest BCUT2D eigenvalue weighted by Crippen LogP contribution is -2.43. The van der Waals surface area contributed by atoms with Crippen LogP contribution in [0, 0.1) is 0 Å². The van der Waals surface area contributed by atoms with Crippen LogP contribution < -0.4 is 5.32 Å². The van der Waals surface area contributed by atoms with Crippen LogP contribution in [0.15, 0.2) is 24.5 Å². The van der Waals surface area contributed by atoms with E-state index in [9.17, 15) is 9.59 Å². The zero-order chi connectivity index (χ0) is 12.7. The molecule has 0 fully saturated rings. The fraction of sp³-hybridized carbons (Fsp3) is 0.364. The third-order valence-corrected chi connectivity index (χ3v) is 2.13. The third-order valence-electron chi connectivity index (χ3n) is 2.13. The summed E-state index contributed by atoms with van der Waals surface area (Å²) in [5.74, 6) is -0.528. The average molecular weight is 238 g/mol. The van der Waals surface area contributed by atoms with Gasteiger partial charge in [0.1, 0.15) is 6.04 Å². The van der Waals surface area contributed by atoms with Gasteiger partial charge in [0.2, 0.25) is 0 Å². The summed E-state index contributed by atoms with van der Waals surface area (Å²) >= 11 is 0. The highest BCUT2D eigenvalue weighted by Crippen LogP contribution is 2.03. The molecule has 0 spiro atoms. The molecule has 0 saturated carbocycles. The number of ether oxygens (including phenoxy) is 2. The summed E-state index contributed by atoms with van der Waals surface area (Å²) in [6, 6.07) is 2.78. The summed E-state index contributed by atoms with van der Waals surface area (Å²) in [6.07, 6.45) is 2.87. The Hall–Kier alpha value is -2.11. The van der Waals surface area contributed by atoms with E-state index in [0.29, 0.717) is 6.42 Å². The van der Waals surface area contributed by atoms with Crippen molar-refractivity contribution >= 4 is 12.1 Å². The predicted molar refractivity (Wildman–Crippen MR) is 59.3 cm³/mol. The number of pyridine rings is 1. The van der Waals surface area contributed by atoms with Gasteiger partial charge in [0.25, 0.3) is 0 Å². The molecule has 6 heteroatoms. The SMILES string of the molecule is COC(=O)NC(Cc1cccnc1)C(=O)OC. The Balaban J connectivity index is 2.70. The molecule has 92 valence electrons. The number of hydrogen-bond acceptors (Lipinski definition) is 5. The fourth-order valence-corrected chi connectivity index (χ4v) is 1.29. The molecule has 1 aromatic heterocycles. The molecule has 0 aliphatic rings. The Labute approximate surface area is 98.9 Å². The molecule has 0 bridgehead atoms. The van der Waals surface area contributed by atoms with Gasteiger partial charge in [0, 0.05) is 18.8 Å². The van der Waals surface area contributed by atoms with Crippen molar-refractivity contribution in [1.82, 2.24) is 10.3 Å². The molecule has 17 heavy (non-hydrogen) atoms. The topological polar surface area (TPSA) is 77.5 Å². The van der Waals surface area contributed by atoms with Crippen LogP contribution in [0.3, 0.4) is 0 Å². The second-order valence-electron chi connectivity index (χ2n) is 3.28. The van der Waals surface area contributed by atoms with Crippen molar-refractivity contribution in [3.8, 4) is 0 Å². The lowest BCUT2D eigenvalue weighted by Gasteiger charge is -2.15. The van der Waals surface area contributed by atoms with E-state index in [0.717, 1.165) is 5.56 Å². The molecule has 0 radical (unpaired) electrons. The summed E-state index contributed by atoms with van der Waals surface area (Å²) in [6.45, 7) is 0. The standard InChI is InChI=1S/C11H14N2O4/c1-16-10(14)9(13-11(15)17-2)6-8-4-3-5-12-7-8/h3-5,7,9H,6H2,1-2H3,(H,13,15). The number of methoxy groups -OCH3 is 2. The van der Waals surface area contributed by atoms with E-state index < -0.39 is 18.1 Å². The first-order valence-electron chi connectivity index (χ1n) is 4.98. The number of carbonyl (C=O) groups is 2. The van der Waals surface area contributed by atoms with Crippen LogP contribution >= 0.6 is 0 Å². The Morgan fingerprint density at radius 2 is 2.18 bits per heavy atom. The molecule has 1 atom stereocenters. The molecule has 0 aliphatic carbocycles. The van der Waals surface area contributed by atoms with E-state index >= 15 is 0 Å². The van der Waals surface area contributed by atoms with Crippen LogP contribution in [0.2, 0.25) is 0 Å². The fourth-order valence-electron chi connectivity index (χ4n) is 1.29. The molecule has 0 aliphatic heterocycles. The van der Waals surface area contributed by atoms with Crippen LogP contribution in [-0.4, -0.2) is 37.3 Å². The smallest absolute Gasteiger partial charge is 0.407 e. The molecule has 1 rings (SSSR count). The Bertz CT molecular complexity index is 380. The van der Waals surface area contributed by atoms with Crippen LogP contribution in [0.1, 0.15) is 5.56 Å². The minimum atomic E-state index is -0.781. The van der Waals surface area contributed by atoms with Crippen LogP contribution in [0.5, 0.6) is 0 Å². The van der Waals surface area contributed by atoms with E-state index in [2.05, 4.69) is 19.8 Å². The van der Waals surface area contributed by atoms with Gasteiger partial charge in [0.05, 0.1) is 14.2 Å². The molecule has 1 heterocycles. The number of nitrogens with one attached hydrogen (secondary N) is 1. The Morgan fingerprint density at radius 3 is 2.71 bits per heavy atom. The van der Waals surface area contributed by atoms with Crippen LogP contribution in [0.4, 0.5) is 4.79 Å². The first-order chi connectivity index (χ1) is 8.17. The predicted octanol–water partition coefficient (Wildman–Crippen LogP) is 0.522. The molecular formula is C11H14N2O4. The van der Waals surface area contributed by atoms with E-state index in [-0.39, 0.29) is 0 Å². The van der Waals surface area contributed by atoms with Crippen LogP contribution in [-0.2, 0) is 20.7 Å². The normalized spacial score (nSPS) is 11.4. The number of rotatable bonds is 4. The van der Waals surface area contributed by atoms with Gasteiger partial charge in [-0.15, -0.1) is 0 Å². The second kappa shape index (κ2) is 6.47. The van der Waals surface area contributed by atoms with E-state index in [1.165, 1.54) is 14.2 Å². The number of alkyl carbamates (subject to hydrolysis) is 1. The number of hydrogen-bond donors (Lipinski definition) is 1. The van der Waals surface area contributed by atoms with Gasteiger partial charge >= 0.3 is 12.1 Å². The highest BCUT2D eigenvalue weighted by Gasteiger charge is 2.22. The maximum Gasteiger partial charge on any atom is 0.407 e. The van der Waals surface area contributed by atoms with E-state index in [1.54, 1.807) is 18.5 Å². The lowest BCUT2D eigenvalue weighted by atomic mass is 10.1. The van der Waals surface area contributed by atoms with Crippen molar-refractivity contribution < 1.29 is 19.1 Å². The van der Waals surface area contributed by atoms with Gasteiger partial charge < -0.3 is 14.8 Å². The summed E-state index contributed by atoms with van der Waals surface area (Å²) in [5, 5.41) is 2.40. The van der Waals surface area contributed by atoms with Gasteiger partial charge in [-0.25, -0.2) is 9.59 Å². The molecule has 1 amide bonds. The van der Waals surface area contributed by atoms with Crippen molar-refractivity contribution in [3.05, 3.63) is 30.1 Å². The first kappa shape index (κ1) is 13.0. The number of esters is 1. The first-order valence-corrected chi connectivity index (χ1v) is 4.98. The van der Waals surface area contributed by atoms with Crippen molar-refractivity contribution in [2.24, 2.45) is 0 Å². The molecular weight excluding hydrogens is 224 g/mol. The van der Waals surface area contributed by atoms with Gasteiger partial charge in [0.15, 0.2) is 0 Å². The van der Waals surface area contributed by atoms with E-state index in [1.807, 2.05) is 6.07 Å². The maximum absolute atomic E-state index is 11.5. The van der Waals surface area contributed by atoms with E-state index in [4.69, 9.17) is 0 Å². The summed E-state index contributed by atoms with van der Waals surface area (Å²) in [4.78, 5) is 26.5. The van der Waals surface area contributed by atoms with Crippen molar-refractivity contribution in [2.45, 2.75) is 12.5 Å². The van der Waals surface area contributed by atoms with Crippen molar-refractivity contribution in [2.75, 3.05) is 14.2 Å². The monoisotopic (exact) mass is 238 g/mol. The average Bonchev–Trinajstić information content (AvgIpc) is 2.38. The number of nitrogens with zero attached hydrogens (tertiary/aromatic N) is 1. The Kier molecular flexibility index (Phi) is 4.93. The number of aromatic nitrogens is 1. The summed E-state index contributed by atoms with van der Waals surface area (Å²) in [7, 11) is 2.49. The summed E-state index contributed by atoms with van der Waals surface area (Å²) in [5.41, 5.74) is 0.819. The zero-order valence-electron chi connectivity index (χ0n) is 9.67. The van der Waals surface area contributed by atoms with Gasteiger partial charge in [-0.2, -0.15) is 0 Å². The Morgan fingerprint density at radius 1 is 1.41 bits per heavy atom. The lowest BCUT2D eigenvalue weighted by molar-refractivity contribution is -0.142. The number of carbonyl (C=O) groups excluding carboxylic acids is 2. The maximum atomic E-state index is 11.5. The molecule has 1 unspecified atom stereocenters. The van der Waals surface area contributed by atoms with Crippen molar-refractivity contribution in [3.63, 3.8) is 0 Å². The minimum Gasteiger partial charge on any atom is -0.467 e. The largest absolute Gasteiger partial charge is 0.467 e. The molecule has 0 saturated heterocycles. The number of amides is 1. The zero-order valence-corrected chi connectivity index (χ0v) is 9.67. The third kappa shape index (κ3) is 4.10. The molecule has 1 aromatic rings. The van der Waals surface area contributed by atoms with Gasteiger partial charge in [-0.3, -0.25) is 4.98 Å². The highest BCUT2D eigenvalue weighted by atomic mass is 16.5. The molecule has 0 aromatic carbocycles. The minimum absolute atomic E-state index is 0.301. The summed E-state index contributed by atoms with van der Waals surface area (Å²) < 4.78 is 9.04.